The Bertz CT molecular complexity index is 185. The number of hydrogen-bond donors (Lipinski definition) is 0. The van der Waals surface area contributed by atoms with Crippen LogP contribution in [0, 0.1) is 34.5 Å². The van der Waals surface area contributed by atoms with Gasteiger partial charge < -0.3 is 0 Å². The van der Waals surface area contributed by atoms with Crippen molar-refractivity contribution in [2.45, 2.75) is 39.5 Å². The van der Waals surface area contributed by atoms with Gasteiger partial charge in [-0.2, -0.15) is 10.5 Å². The highest BCUT2D eigenvalue weighted by molar-refractivity contribution is 4.91. The zero-order valence-corrected chi connectivity index (χ0v) is 7.88. The van der Waals surface area contributed by atoms with E-state index >= 15 is 0 Å². The Labute approximate surface area is 74.8 Å². The molecule has 0 aromatic heterocycles. The number of nitrogens with zero attached hydrogens (tertiary/aromatic N) is 2. The number of rotatable bonds is 5. The maximum Gasteiger partial charge on any atom is 0.0659 e. The van der Waals surface area contributed by atoms with E-state index in [0.717, 1.165) is 19.3 Å². The molecule has 0 amide bonds. The van der Waals surface area contributed by atoms with Gasteiger partial charge in [0, 0.05) is 6.42 Å². The fourth-order valence-electron chi connectivity index (χ4n) is 1.41. The molecule has 12 heavy (non-hydrogen) atoms. The topological polar surface area (TPSA) is 47.6 Å². The number of nitriles is 2. The van der Waals surface area contributed by atoms with E-state index in [1.165, 1.54) is 0 Å². The average Bonchev–Trinajstić information content (AvgIpc) is 2.11. The van der Waals surface area contributed by atoms with E-state index in [2.05, 4.69) is 19.1 Å². The molecule has 2 atom stereocenters. The van der Waals surface area contributed by atoms with E-state index in [9.17, 15) is 0 Å². The first kappa shape index (κ1) is 11.0. The number of hydrogen-bond acceptors (Lipinski definition) is 2. The predicted molar refractivity (Wildman–Crippen MR) is 48.0 cm³/mol. The van der Waals surface area contributed by atoms with E-state index in [1.54, 1.807) is 0 Å². The third kappa shape index (κ3) is 3.39. The van der Waals surface area contributed by atoms with Gasteiger partial charge in [-0.25, -0.2) is 0 Å². The smallest absolute Gasteiger partial charge is 0.0659 e. The molecule has 0 aromatic carbocycles. The third-order valence-electron chi connectivity index (χ3n) is 2.21. The quantitative estimate of drug-likeness (QED) is 0.627. The van der Waals surface area contributed by atoms with Crippen molar-refractivity contribution in [1.29, 1.82) is 10.5 Å². The van der Waals surface area contributed by atoms with E-state index in [-0.39, 0.29) is 11.8 Å². The SMILES string of the molecule is CCCC(C#N)C(CC)CC#N. The van der Waals surface area contributed by atoms with Crippen molar-refractivity contribution >= 4 is 0 Å². The van der Waals surface area contributed by atoms with Gasteiger partial charge in [0.25, 0.3) is 0 Å². The first-order valence-corrected chi connectivity index (χ1v) is 4.56. The highest BCUT2D eigenvalue weighted by atomic mass is 14.3. The maximum absolute atomic E-state index is 8.83. The lowest BCUT2D eigenvalue weighted by Gasteiger charge is -2.16. The first-order valence-electron chi connectivity index (χ1n) is 4.56. The van der Waals surface area contributed by atoms with Gasteiger partial charge in [0.05, 0.1) is 18.1 Å². The summed E-state index contributed by atoms with van der Waals surface area (Å²) in [5.74, 6) is 0.361. The minimum absolute atomic E-state index is 0.0830. The molecule has 0 rings (SSSR count). The highest BCUT2D eigenvalue weighted by Crippen LogP contribution is 2.22. The van der Waals surface area contributed by atoms with Crippen molar-refractivity contribution in [3.8, 4) is 12.1 Å². The fourth-order valence-corrected chi connectivity index (χ4v) is 1.41. The molecule has 0 radical (unpaired) electrons. The van der Waals surface area contributed by atoms with Crippen molar-refractivity contribution in [2.75, 3.05) is 0 Å². The summed E-state index contributed by atoms with van der Waals surface area (Å²) >= 11 is 0. The molecule has 0 fully saturated rings. The van der Waals surface area contributed by atoms with Crippen molar-refractivity contribution in [3.63, 3.8) is 0 Å². The second-order valence-corrected chi connectivity index (χ2v) is 3.05. The zero-order valence-electron chi connectivity index (χ0n) is 7.88. The van der Waals surface area contributed by atoms with Crippen molar-refractivity contribution in [1.82, 2.24) is 0 Å². The van der Waals surface area contributed by atoms with Crippen LogP contribution in [-0.4, -0.2) is 0 Å². The molecule has 0 saturated carbocycles. The van der Waals surface area contributed by atoms with E-state index in [1.807, 2.05) is 6.92 Å². The van der Waals surface area contributed by atoms with Crippen LogP contribution in [0.4, 0.5) is 0 Å². The van der Waals surface area contributed by atoms with Crippen LogP contribution in [0.2, 0.25) is 0 Å². The molecule has 66 valence electrons. The van der Waals surface area contributed by atoms with Crippen LogP contribution in [-0.2, 0) is 0 Å². The van der Waals surface area contributed by atoms with Gasteiger partial charge in [0.1, 0.15) is 0 Å². The Morgan fingerprint density at radius 1 is 1.25 bits per heavy atom. The third-order valence-corrected chi connectivity index (χ3v) is 2.21. The normalized spacial score (nSPS) is 14.3. The molecule has 0 saturated heterocycles. The minimum atomic E-state index is 0.0830. The van der Waals surface area contributed by atoms with Crippen LogP contribution in [0.15, 0.2) is 0 Å². The summed E-state index contributed by atoms with van der Waals surface area (Å²) in [6.45, 7) is 4.12. The maximum atomic E-state index is 8.83. The molecule has 0 aromatic rings. The molecule has 2 unspecified atom stereocenters. The molecule has 0 aliphatic carbocycles. The fraction of sp³-hybridized carbons (Fsp3) is 0.800. The van der Waals surface area contributed by atoms with Gasteiger partial charge >= 0.3 is 0 Å². The standard InChI is InChI=1S/C10H16N2/c1-3-5-10(8-12)9(4-2)6-7-11/h9-10H,3-6H2,1-2H3. The lowest BCUT2D eigenvalue weighted by molar-refractivity contribution is 0.374. The van der Waals surface area contributed by atoms with Crippen LogP contribution in [0.1, 0.15) is 39.5 Å². The minimum Gasteiger partial charge on any atom is -0.198 e. The largest absolute Gasteiger partial charge is 0.198 e. The first-order chi connectivity index (χ1) is 5.79. The van der Waals surface area contributed by atoms with Gasteiger partial charge in [-0.05, 0) is 12.3 Å². The Morgan fingerprint density at radius 2 is 1.92 bits per heavy atom. The Kier molecular flexibility index (Phi) is 6.11. The summed E-state index contributed by atoms with van der Waals surface area (Å²) in [5.41, 5.74) is 0. The van der Waals surface area contributed by atoms with Crippen molar-refractivity contribution in [2.24, 2.45) is 11.8 Å². The van der Waals surface area contributed by atoms with Gasteiger partial charge in [-0.1, -0.05) is 26.7 Å². The van der Waals surface area contributed by atoms with Crippen LogP contribution in [0.25, 0.3) is 0 Å². The van der Waals surface area contributed by atoms with Crippen molar-refractivity contribution in [3.05, 3.63) is 0 Å². The lowest BCUT2D eigenvalue weighted by atomic mass is 9.86. The van der Waals surface area contributed by atoms with Gasteiger partial charge in [0.15, 0.2) is 0 Å². The second kappa shape index (κ2) is 6.68. The average molecular weight is 164 g/mol. The molecule has 0 spiro atoms. The highest BCUT2D eigenvalue weighted by Gasteiger charge is 2.17. The summed E-state index contributed by atoms with van der Waals surface area (Å²) in [5, 5.41) is 17.3. The summed E-state index contributed by atoms with van der Waals surface area (Å²) < 4.78 is 0. The molecule has 0 aliphatic heterocycles. The summed E-state index contributed by atoms with van der Waals surface area (Å²) in [6.07, 6.45) is 3.41. The van der Waals surface area contributed by atoms with Gasteiger partial charge in [-0.3, -0.25) is 0 Å². The Hall–Kier alpha value is -1.02. The zero-order chi connectivity index (χ0) is 9.40. The van der Waals surface area contributed by atoms with Crippen molar-refractivity contribution < 1.29 is 0 Å². The second-order valence-electron chi connectivity index (χ2n) is 3.05. The van der Waals surface area contributed by atoms with Crippen LogP contribution < -0.4 is 0 Å². The van der Waals surface area contributed by atoms with E-state index in [0.29, 0.717) is 6.42 Å². The summed E-state index contributed by atoms with van der Waals surface area (Å²) in [4.78, 5) is 0. The molecule has 0 aliphatic rings. The van der Waals surface area contributed by atoms with Gasteiger partial charge in [-0.15, -0.1) is 0 Å². The van der Waals surface area contributed by atoms with Crippen LogP contribution >= 0.6 is 0 Å². The molecule has 0 bridgehead atoms. The Balaban J connectivity index is 4.07. The monoisotopic (exact) mass is 164 g/mol. The predicted octanol–water partition coefficient (Wildman–Crippen LogP) is 2.87. The van der Waals surface area contributed by atoms with E-state index < -0.39 is 0 Å². The molecule has 2 nitrogen and oxygen atoms in total. The van der Waals surface area contributed by atoms with Gasteiger partial charge in [0.2, 0.25) is 0 Å². The molecule has 0 N–H and O–H groups in total. The molecule has 2 heteroatoms. The Morgan fingerprint density at radius 3 is 2.25 bits per heavy atom. The van der Waals surface area contributed by atoms with Crippen LogP contribution in [0.3, 0.4) is 0 Å². The lowest BCUT2D eigenvalue weighted by Crippen LogP contribution is -2.11. The molecular weight excluding hydrogens is 148 g/mol. The van der Waals surface area contributed by atoms with Crippen LogP contribution in [0.5, 0.6) is 0 Å². The molecular formula is C10H16N2. The van der Waals surface area contributed by atoms with E-state index in [4.69, 9.17) is 10.5 Å². The molecule has 0 heterocycles. The summed E-state index contributed by atoms with van der Waals surface area (Å²) in [6, 6.07) is 4.43. The summed E-state index contributed by atoms with van der Waals surface area (Å²) in [7, 11) is 0.